The van der Waals surface area contributed by atoms with Crippen LogP contribution in [0.2, 0.25) is 0 Å². The topological polar surface area (TPSA) is 3.24 Å². The normalized spacial score (nSPS) is 13.8. The Hall–Kier alpha value is 0.320. The first kappa shape index (κ1) is 30.3. The van der Waals surface area contributed by atoms with Gasteiger partial charge in [-0.1, -0.05) is 106 Å². The van der Waals surface area contributed by atoms with E-state index in [1.165, 1.54) is 49.5 Å². The van der Waals surface area contributed by atoms with Crippen LogP contribution in [-0.4, -0.2) is 48.0 Å². The number of unbranched alkanes of at least 4 members (excludes halogenated alkanes) is 2. The molecule has 0 saturated heterocycles. The first-order chi connectivity index (χ1) is 14.7. The predicted octanol–water partition coefficient (Wildman–Crippen LogP) is 9.06. The van der Waals surface area contributed by atoms with Crippen molar-refractivity contribution in [3.05, 3.63) is 48.6 Å². The molecular formula is C25H45NS4. The van der Waals surface area contributed by atoms with Gasteiger partial charge in [0.25, 0.3) is 0 Å². The lowest BCUT2D eigenvalue weighted by Crippen LogP contribution is -2.24. The summed E-state index contributed by atoms with van der Waals surface area (Å²) in [6.45, 7) is 5.54. The van der Waals surface area contributed by atoms with Gasteiger partial charge in [0.2, 0.25) is 0 Å². The Balaban J connectivity index is 3.73. The molecule has 0 aliphatic rings. The highest BCUT2D eigenvalue weighted by atomic mass is 33.1. The van der Waals surface area contributed by atoms with Crippen molar-refractivity contribution < 1.29 is 0 Å². The summed E-state index contributed by atoms with van der Waals surface area (Å²) in [4.78, 5) is 2.33. The zero-order valence-corrected chi connectivity index (χ0v) is 23.0. The monoisotopic (exact) mass is 487 g/mol. The average molecular weight is 488 g/mol. The molecular weight excluding hydrogens is 443 g/mol. The maximum atomic E-state index is 2.34. The molecule has 0 aromatic rings. The van der Waals surface area contributed by atoms with Crippen molar-refractivity contribution in [2.75, 3.05) is 37.9 Å². The first-order valence-electron chi connectivity index (χ1n) is 11.5. The fourth-order valence-electron chi connectivity index (χ4n) is 2.48. The molecule has 1 atom stereocenters. The van der Waals surface area contributed by atoms with Gasteiger partial charge in [0.05, 0.1) is 0 Å². The predicted molar refractivity (Wildman–Crippen MR) is 152 cm³/mol. The Morgan fingerprint density at radius 2 is 1.20 bits per heavy atom. The van der Waals surface area contributed by atoms with Gasteiger partial charge >= 0.3 is 0 Å². The maximum Gasteiger partial charge on any atom is 0.0377 e. The summed E-state index contributed by atoms with van der Waals surface area (Å²) >= 11 is 0. The number of hydrogen-bond acceptors (Lipinski definition) is 5. The molecule has 0 spiro atoms. The molecule has 5 heteroatoms. The lowest BCUT2D eigenvalue weighted by atomic mass is 10.2. The van der Waals surface area contributed by atoms with E-state index in [4.69, 9.17) is 0 Å². The highest BCUT2D eigenvalue weighted by molar-refractivity contribution is 8.78. The Kier molecular flexibility index (Phi) is 25.9. The highest BCUT2D eigenvalue weighted by Gasteiger charge is 2.11. The van der Waals surface area contributed by atoms with Crippen LogP contribution in [0.5, 0.6) is 0 Å². The summed E-state index contributed by atoms with van der Waals surface area (Å²) in [6, 6.07) is 0. The van der Waals surface area contributed by atoms with E-state index in [1.54, 1.807) is 0 Å². The standard InChI is InChI=1S/C25H45NS4/c1-5-7-9-11-13-15-17-19-21-27-29-24-25(23-26(3)4)30-28-22-20-18-16-14-12-10-8-6-2/h7-10,13-16,25H,5-6,11-12,17-24H2,1-4H3/b9-7+,10-8+,15-13+,16-14+. The van der Waals surface area contributed by atoms with Crippen molar-refractivity contribution in [2.24, 2.45) is 0 Å². The van der Waals surface area contributed by atoms with Crippen LogP contribution in [0.1, 0.15) is 65.2 Å². The summed E-state index contributed by atoms with van der Waals surface area (Å²) < 4.78 is 0. The van der Waals surface area contributed by atoms with E-state index in [-0.39, 0.29) is 0 Å². The lowest BCUT2D eigenvalue weighted by molar-refractivity contribution is 0.415. The third-order valence-corrected chi connectivity index (χ3v) is 9.67. The van der Waals surface area contributed by atoms with Gasteiger partial charge in [0, 0.05) is 29.1 Å². The zero-order valence-electron chi connectivity index (χ0n) is 19.8. The Bertz CT molecular complexity index is 458. The lowest BCUT2D eigenvalue weighted by Gasteiger charge is -2.19. The molecule has 0 saturated carbocycles. The van der Waals surface area contributed by atoms with Crippen molar-refractivity contribution in [1.82, 2.24) is 4.90 Å². The fourth-order valence-corrected chi connectivity index (χ4v) is 8.24. The van der Waals surface area contributed by atoms with Gasteiger partial charge < -0.3 is 4.90 Å². The van der Waals surface area contributed by atoms with Crippen LogP contribution in [0.3, 0.4) is 0 Å². The summed E-state index contributed by atoms with van der Waals surface area (Å²) in [5.41, 5.74) is 0. The van der Waals surface area contributed by atoms with E-state index >= 15 is 0 Å². The highest BCUT2D eigenvalue weighted by Crippen LogP contribution is 2.33. The van der Waals surface area contributed by atoms with Gasteiger partial charge in [-0.2, -0.15) is 0 Å². The average Bonchev–Trinajstić information content (AvgIpc) is 2.72. The Morgan fingerprint density at radius 1 is 0.667 bits per heavy atom. The molecule has 0 heterocycles. The Morgan fingerprint density at radius 3 is 1.73 bits per heavy atom. The van der Waals surface area contributed by atoms with E-state index < -0.39 is 0 Å². The van der Waals surface area contributed by atoms with Gasteiger partial charge in [-0.3, -0.25) is 0 Å². The summed E-state index contributed by atoms with van der Waals surface area (Å²) in [5, 5.41) is 0.711. The minimum Gasteiger partial charge on any atom is -0.308 e. The minimum atomic E-state index is 0.711. The SMILES string of the molecule is CC/C=C/C/C=C/CCCSSCC(CN(C)C)SSCCC/C=C/C/C=C/CC. The summed E-state index contributed by atoms with van der Waals surface area (Å²) in [5.74, 6) is 3.75. The van der Waals surface area contributed by atoms with Crippen LogP contribution in [0.4, 0.5) is 0 Å². The van der Waals surface area contributed by atoms with Crippen molar-refractivity contribution in [3.8, 4) is 0 Å². The number of hydrogen-bond donors (Lipinski definition) is 0. The largest absolute Gasteiger partial charge is 0.308 e. The molecule has 0 aromatic heterocycles. The van der Waals surface area contributed by atoms with Gasteiger partial charge in [-0.25, -0.2) is 0 Å². The molecule has 1 nitrogen and oxygen atoms in total. The summed E-state index contributed by atoms with van der Waals surface area (Å²) in [7, 11) is 12.7. The van der Waals surface area contributed by atoms with Crippen LogP contribution in [0.25, 0.3) is 0 Å². The smallest absolute Gasteiger partial charge is 0.0377 e. The molecule has 0 aliphatic carbocycles. The van der Waals surface area contributed by atoms with Crippen LogP contribution >= 0.6 is 43.2 Å². The number of rotatable bonds is 21. The van der Waals surface area contributed by atoms with Gasteiger partial charge in [0.1, 0.15) is 0 Å². The molecule has 1 unspecified atom stereocenters. The van der Waals surface area contributed by atoms with Crippen LogP contribution in [0.15, 0.2) is 48.6 Å². The molecule has 30 heavy (non-hydrogen) atoms. The molecule has 0 amide bonds. The molecule has 0 aliphatic heterocycles. The fraction of sp³-hybridized carbons (Fsp3) is 0.680. The van der Waals surface area contributed by atoms with Crippen molar-refractivity contribution >= 4 is 43.2 Å². The third-order valence-electron chi connectivity index (χ3n) is 3.99. The molecule has 0 N–H and O–H groups in total. The van der Waals surface area contributed by atoms with E-state index in [0.717, 1.165) is 25.7 Å². The molecule has 0 aromatic carbocycles. The minimum absolute atomic E-state index is 0.711. The van der Waals surface area contributed by atoms with E-state index in [1.807, 2.05) is 0 Å². The molecule has 0 bridgehead atoms. The zero-order chi connectivity index (χ0) is 22.1. The maximum absolute atomic E-state index is 2.34. The van der Waals surface area contributed by atoms with Crippen molar-refractivity contribution in [3.63, 3.8) is 0 Å². The van der Waals surface area contributed by atoms with Gasteiger partial charge in [-0.05, 0) is 65.5 Å². The second-order valence-electron chi connectivity index (χ2n) is 7.37. The number of allylic oxidation sites excluding steroid dienone is 8. The van der Waals surface area contributed by atoms with E-state index in [2.05, 4.69) is 125 Å². The van der Waals surface area contributed by atoms with Gasteiger partial charge in [-0.15, -0.1) is 0 Å². The van der Waals surface area contributed by atoms with Crippen molar-refractivity contribution in [2.45, 2.75) is 70.5 Å². The molecule has 0 rings (SSSR count). The molecule has 0 fully saturated rings. The van der Waals surface area contributed by atoms with Crippen molar-refractivity contribution in [1.29, 1.82) is 0 Å². The third kappa shape index (κ3) is 24.6. The second-order valence-corrected chi connectivity index (χ2v) is 12.8. The first-order valence-corrected chi connectivity index (χ1v) is 16.3. The van der Waals surface area contributed by atoms with Crippen LogP contribution < -0.4 is 0 Å². The van der Waals surface area contributed by atoms with E-state index in [0.29, 0.717) is 5.25 Å². The summed E-state index contributed by atoms with van der Waals surface area (Å²) in [6.07, 6.45) is 27.7. The number of nitrogens with zero attached hydrogens (tertiary/aromatic N) is 1. The molecule has 0 radical (unpaired) electrons. The Labute approximate surface area is 204 Å². The van der Waals surface area contributed by atoms with Crippen LogP contribution in [0, 0.1) is 0 Å². The second kappa shape index (κ2) is 25.6. The van der Waals surface area contributed by atoms with Gasteiger partial charge in [0.15, 0.2) is 0 Å². The quantitative estimate of drug-likeness (QED) is 0.0899. The van der Waals surface area contributed by atoms with Crippen LogP contribution in [-0.2, 0) is 0 Å². The van der Waals surface area contributed by atoms with E-state index in [9.17, 15) is 0 Å². The molecule has 174 valence electrons.